The van der Waals surface area contributed by atoms with E-state index in [4.69, 9.17) is 4.52 Å². The van der Waals surface area contributed by atoms with Gasteiger partial charge in [0.25, 0.3) is 5.91 Å². The summed E-state index contributed by atoms with van der Waals surface area (Å²) in [4.78, 5) is 16.7. The molecule has 0 aliphatic carbocycles. The summed E-state index contributed by atoms with van der Waals surface area (Å²) in [5, 5.41) is 8.93. The van der Waals surface area contributed by atoms with Crippen LogP contribution in [0.3, 0.4) is 0 Å². The van der Waals surface area contributed by atoms with Crippen LogP contribution in [0.15, 0.2) is 71.3 Å². The van der Waals surface area contributed by atoms with Crippen molar-refractivity contribution < 1.29 is 9.32 Å². The van der Waals surface area contributed by atoms with Crippen LogP contribution in [0.1, 0.15) is 21.8 Å². The molecule has 5 heteroatoms. The summed E-state index contributed by atoms with van der Waals surface area (Å²) in [7, 11) is 0. The van der Waals surface area contributed by atoms with Gasteiger partial charge in [0.2, 0.25) is 11.7 Å². The lowest BCUT2D eigenvalue weighted by molar-refractivity contribution is 0.0946. The SMILES string of the molecule is Cc1cccc(-c2noc(CNC(=O)c3ccc4ccccc4c3)n2)c1. The van der Waals surface area contributed by atoms with Crippen molar-refractivity contribution >= 4 is 16.7 Å². The van der Waals surface area contributed by atoms with Crippen LogP contribution < -0.4 is 5.32 Å². The van der Waals surface area contributed by atoms with Crippen molar-refractivity contribution in [1.29, 1.82) is 0 Å². The molecule has 26 heavy (non-hydrogen) atoms. The van der Waals surface area contributed by atoms with Gasteiger partial charge < -0.3 is 9.84 Å². The molecule has 3 aromatic carbocycles. The van der Waals surface area contributed by atoms with E-state index in [1.54, 1.807) is 0 Å². The lowest BCUT2D eigenvalue weighted by Crippen LogP contribution is -2.22. The predicted octanol–water partition coefficient (Wildman–Crippen LogP) is 4.13. The minimum atomic E-state index is -0.175. The molecule has 0 fully saturated rings. The molecule has 4 aromatic rings. The van der Waals surface area contributed by atoms with Gasteiger partial charge in [-0.15, -0.1) is 0 Å². The zero-order chi connectivity index (χ0) is 17.9. The number of amides is 1. The fraction of sp³-hybridized carbons (Fsp3) is 0.0952. The largest absolute Gasteiger partial charge is 0.343 e. The standard InChI is InChI=1S/C21H17N3O2/c1-14-5-4-8-17(11-14)20-23-19(26-24-20)13-22-21(25)18-10-9-15-6-2-3-7-16(15)12-18/h2-12H,13H2,1H3,(H,22,25). The molecule has 0 bridgehead atoms. The van der Waals surface area contributed by atoms with Crippen molar-refractivity contribution in [2.24, 2.45) is 0 Å². The van der Waals surface area contributed by atoms with E-state index in [0.717, 1.165) is 21.9 Å². The summed E-state index contributed by atoms with van der Waals surface area (Å²) in [6.07, 6.45) is 0. The van der Waals surface area contributed by atoms with Gasteiger partial charge in [0.15, 0.2) is 0 Å². The first-order valence-electron chi connectivity index (χ1n) is 8.36. The number of carbonyl (C=O) groups is 1. The average Bonchev–Trinajstić information content (AvgIpc) is 3.15. The molecule has 0 unspecified atom stereocenters. The lowest BCUT2D eigenvalue weighted by atomic mass is 10.1. The van der Waals surface area contributed by atoms with E-state index in [1.807, 2.05) is 73.7 Å². The molecule has 1 N–H and O–H groups in total. The second-order valence-corrected chi connectivity index (χ2v) is 6.13. The number of nitrogens with zero attached hydrogens (tertiary/aromatic N) is 2. The molecule has 0 spiro atoms. The maximum atomic E-state index is 12.4. The van der Waals surface area contributed by atoms with Gasteiger partial charge in [0.1, 0.15) is 0 Å². The van der Waals surface area contributed by atoms with Gasteiger partial charge in [-0.1, -0.05) is 59.3 Å². The number of rotatable bonds is 4. The van der Waals surface area contributed by atoms with E-state index in [9.17, 15) is 4.79 Å². The molecular weight excluding hydrogens is 326 g/mol. The summed E-state index contributed by atoms with van der Waals surface area (Å²) in [6.45, 7) is 2.19. The average molecular weight is 343 g/mol. The number of aromatic nitrogens is 2. The van der Waals surface area contributed by atoms with Crippen LogP contribution in [0.2, 0.25) is 0 Å². The van der Waals surface area contributed by atoms with E-state index in [2.05, 4.69) is 15.5 Å². The third kappa shape index (κ3) is 3.32. The van der Waals surface area contributed by atoms with Crippen LogP contribution in [0, 0.1) is 6.92 Å². The highest BCUT2D eigenvalue weighted by Gasteiger charge is 2.11. The quantitative estimate of drug-likeness (QED) is 0.605. The molecular formula is C21H17N3O2. The molecule has 4 rings (SSSR count). The molecule has 1 amide bonds. The minimum Gasteiger partial charge on any atom is -0.343 e. The zero-order valence-corrected chi connectivity index (χ0v) is 14.3. The van der Waals surface area contributed by atoms with Crippen LogP contribution in [0.25, 0.3) is 22.2 Å². The van der Waals surface area contributed by atoms with E-state index >= 15 is 0 Å². The van der Waals surface area contributed by atoms with Crippen LogP contribution in [0.4, 0.5) is 0 Å². The molecule has 0 saturated heterocycles. The summed E-state index contributed by atoms with van der Waals surface area (Å²) in [5.74, 6) is 0.713. The monoisotopic (exact) mass is 343 g/mol. The summed E-state index contributed by atoms with van der Waals surface area (Å²) < 4.78 is 5.24. The van der Waals surface area contributed by atoms with E-state index < -0.39 is 0 Å². The molecule has 128 valence electrons. The van der Waals surface area contributed by atoms with Gasteiger partial charge in [-0.2, -0.15) is 4.98 Å². The highest BCUT2D eigenvalue weighted by atomic mass is 16.5. The Labute approximate surface area is 150 Å². The van der Waals surface area contributed by atoms with Crippen molar-refractivity contribution in [3.63, 3.8) is 0 Å². The summed E-state index contributed by atoms with van der Waals surface area (Å²) >= 11 is 0. The van der Waals surface area contributed by atoms with E-state index in [1.165, 1.54) is 0 Å². The smallest absolute Gasteiger partial charge is 0.251 e. The number of aryl methyl sites for hydroxylation is 1. The number of hydrogen-bond acceptors (Lipinski definition) is 4. The first kappa shape index (κ1) is 16.0. The highest BCUT2D eigenvalue weighted by Crippen LogP contribution is 2.18. The van der Waals surface area contributed by atoms with Crippen molar-refractivity contribution in [2.75, 3.05) is 0 Å². The molecule has 0 radical (unpaired) electrons. The minimum absolute atomic E-state index is 0.175. The van der Waals surface area contributed by atoms with Gasteiger partial charge in [-0.3, -0.25) is 4.79 Å². The number of hydrogen-bond donors (Lipinski definition) is 1. The Morgan fingerprint density at radius 1 is 1.00 bits per heavy atom. The van der Waals surface area contributed by atoms with E-state index in [-0.39, 0.29) is 12.5 Å². The van der Waals surface area contributed by atoms with Crippen molar-refractivity contribution in [1.82, 2.24) is 15.5 Å². The van der Waals surface area contributed by atoms with Crippen LogP contribution in [-0.2, 0) is 6.54 Å². The Morgan fingerprint density at radius 3 is 2.69 bits per heavy atom. The van der Waals surface area contributed by atoms with E-state index in [0.29, 0.717) is 17.3 Å². The Morgan fingerprint density at radius 2 is 1.85 bits per heavy atom. The topological polar surface area (TPSA) is 68.0 Å². The second-order valence-electron chi connectivity index (χ2n) is 6.13. The highest BCUT2D eigenvalue weighted by molar-refractivity contribution is 5.98. The number of nitrogens with one attached hydrogen (secondary N) is 1. The maximum absolute atomic E-state index is 12.4. The van der Waals surface area contributed by atoms with Gasteiger partial charge in [-0.05, 0) is 35.9 Å². The number of carbonyl (C=O) groups excluding carboxylic acids is 1. The first-order chi connectivity index (χ1) is 12.7. The molecule has 0 saturated carbocycles. The molecule has 1 heterocycles. The fourth-order valence-electron chi connectivity index (χ4n) is 2.82. The number of fused-ring (bicyclic) bond motifs is 1. The third-order valence-corrected chi connectivity index (χ3v) is 4.16. The Balaban J connectivity index is 1.46. The predicted molar refractivity (Wildman–Crippen MR) is 99.6 cm³/mol. The maximum Gasteiger partial charge on any atom is 0.251 e. The van der Waals surface area contributed by atoms with Crippen LogP contribution >= 0.6 is 0 Å². The van der Waals surface area contributed by atoms with Crippen molar-refractivity contribution in [2.45, 2.75) is 13.5 Å². The Bertz CT molecular complexity index is 1090. The van der Waals surface area contributed by atoms with Crippen molar-refractivity contribution in [3.8, 4) is 11.4 Å². The zero-order valence-electron chi connectivity index (χ0n) is 14.3. The fourth-order valence-corrected chi connectivity index (χ4v) is 2.82. The Kier molecular flexibility index (Phi) is 4.19. The Hall–Kier alpha value is -3.47. The second kappa shape index (κ2) is 6.80. The third-order valence-electron chi connectivity index (χ3n) is 4.16. The van der Waals surface area contributed by atoms with Crippen molar-refractivity contribution in [3.05, 3.63) is 83.7 Å². The molecule has 0 aliphatic rings. The van der Waals surface area contributed by atoms with Gasteiger partial charge in [-0.25, -0.2) is 0 Å². The summed E-state index contributed by atoms with van der Waals surface area (Å²) in [6, 6.07) is 21.4. The molecule has 0 aliphatic heterocycles. The first-order valence-corrected chi connectivity index (χ1v) is 8.36. The molecule has 0 atom stereocenters. The van der Waals surface area contributed by atoms with Gasteiger partial charge in [0, 0.05) is 11.1 Å². The lowest BCUT2D eigenvalue weighted by Gasteiger charge is -2.04. The van der Waals surface area contributed by atoms with Crippen LogP contribution in [-0.4, -0.2) is 16.0 Å². The number of benzene rings is 3. The molecule has 5 nitrogen and oxygen atoms in total. The molecule has 1 aromatic heterocycles. The summed E-state index contributed by atoms with van der Waals surface area (Å²) in [5.41, 5.74) is 2.61. The normalized spacial score (nSPS) is 10.8. The van der Waals surface area contributed by atoms with Crippen LogP contribution in [0.5, 0.6) is 0 Å². The van der Waals surface area contributed by atoms with Gasteiger partial charge in [0.05, 0.1) is 6.54 Å². The van der Waals surface area contributed by atoms with Gasteiger partial charge >= 0.3 is 0 Å².